The molecule has 2 rings (SSSR count). The number of fused-ring (bicyclic) bond motifs is 1. The molecule has 0 atom stereocenters. The first-order valence-corrected chi connectivity index (χ1v) is 4.32. The third-order valence-electron chi connectivity index (χ3n) is 2.26. The highest BCUT2D eigenvalue weighted by atomic mass is 16.5. The minimum atomic E-state index is 0.674. The molecule has 1 aromatic carbocycles. The van der Waals surface area contributed by atoms with Gasteiger partial charge in [-0.25, -0.2) is 0 Å². The van der Waals surface area contributed by atoms with Crippen molar-refractivity contribution in [3.63, 3.8) is 0 Å². The van der Waals surface area contributed by atoms with Gasteiger partial charge in [-0.2, -0.15) is 5.10 Å². The summed E-state index contributed by atoms with van der Waals surface area (Å²) in [4.78, 5) is 0. The lowest BCUT2D eigenvalue weighted by Crippen LogP contribution is -2.18. The number of hydrogen-bond donors (Lipinski definition) is 1. The number of nitrogens with two attached hydrogens (primary N) is 1. The molecular formula is C10H12N2O. The maximum absolute atomic E-state index is 5.55. The summed E-state index contributed by atoms with van der Waals surface area (Å²) in [5, 5.41) is 3.77. The molecule has 13 heavy (non-hydrogen) atoms. The van der Waals surface area contributed by atoms with Gasteiger partial charge in [0, 0.05) is 12.0 Å². The number of rotatable bonds is 0. The van der Waals surface area contributed by atoms with Gasteiger partial charge in [0.1, 0.15) is 5.75 Å². The molecule has 1 aliphatic rings. The second-order valence-electron chi connectivity index (χ2n) is 3.13. The Kier molecular flexibility index (Phi) is 1.93. The van der Waals surface area contributed by atoms with Gasteiger partial charge in [0.25, 0.3) is 0 Å². The van der Waals surface area contributed by atoms with E-state index in [9.17, 15) is 0 Å². The van der Waals surface area contributed by atoms with Crippen LogP contribution < -0.4 is 10.6 Å². The van der Waals surface area contributed by atoms with Gasteiger partial charge in [-0.1, -0.05) is 12.1 Å². The maximum atomic E-state index is 5.55. The van der Waals surface area contributed by atoms with Crippen LogP contribution in [-0.4, -0.2) is 12.3 Å². The van der Waals surface area contributed by atoms with E-state index in [2.05, 4.69) is 5.10 Å². The average molecular weight is 176 g/mol. The normalized spacial score (nSPS) is 18.1. The fraction of sp³-hybridized carbons (Fsp3) is 0.300. The Morgan fingerprint density at radius 2 is 2.31 bits per heavy atom. The Morgan fingerprint density at radius 1 is 1.46 bits per heavy atom. The molecule has 0 fully saturated rings. The van der Waals surface area contributed by atoms with Crippen molar-refractivity contribution in [2.24, 2.45) is 10.9 Å². The van der Waals surface area contributed by atoms with E-state index in [1.54, 1.807) is 0 Å². The summed E-state index contributed by atoms with van der Waals surface area (Å²) in [6.07, 6.45) is 0.799. The van der Waals surface area contributed by atoms with Gasteiger partial charge in [0.15, 0.2) is 0 Å². The fourth-order valence-corrected chi connectivity index (χ4v) is 1.59. The molecule has 1 heterocycles. The minimum Gasteiger partial charge on any atom is -0.492 e. The Balaban J connectivity index is 2.58. The molecule has 0 amide bonds. The zero-order chi connectivity index (χ0) is 9.26. The van der Waals surface area contributed by atoms with Gasteiger partial charge >= 0.3 is 0 Å². The van der Waals surface area contributed by atoms with Crippen molar-refractivity contribution in [1.82, 2.24) is 0 Å². The van der Waals surface area contributed by atoms with Gasteiger partial charge in [-0.15, -0.1) is 0 Å². The van der Waals surface area contributed by atoms with Gasteiger partial charge < -0.3 is 10.6 Å². The van der Waals surface area contributed by atoms with Crippen molar-refractivity contribution in [3.8, 4) is 5.75 Å². The quantitative estimate of drug-likeness (QED) is 0.480. The SMILES string of the molecule is Cc1cccc2c1OCC/C2=N\N. The molecule has 0 saturated heterocycles. The molecule has 0 spiro atoms. The molecule has 1 aliphatic heterocycles. The van der Waals surface area contributed by atoms with Crippen LogP contribution in [0.1, 0.15) is 17.5 Å². The molecule has 0 radical (unpaired) electrons. The van der Waals surface area contributed by atoms with E-state index in [1.165, 1.54) is 0 Å². The molecule has 3 nitrogen and oxygen atoms in total. The standard InChI is InChI=1S/C10H12N2O/c1-7-3-2-4-8-9(12-11)5-6-13-10(7)8/h2-4H,5-6,11H2,1H3/b12-9+. The largest absolute Gasteiger partial charge is 0.492 e. The van der Waals surface area contributed by atoms with Crippen LogP contribution in [0.2, 0.25) is 0 Å². The van der Waals surface area contributed by atoms with Crippen LogP contribution in [-0.2, 0) is 0 Å². The van der Waals surface area contributed by atoms with Crippen molar-refractivity contribution in [2.75, 3.05) is 6.61 Å². The zero-order valence-electron chi connectivity index (χ0n) is 7.58. The predicted octanol–water partition coefficient (Wildman–Crippen LogP) is 1.44. The molecular weight excluding hydrogens is 164 g/mol. The first-order chi connectivity index (χ1) is 6.33. The number of aryl methyl sites for hydroxylation is 1. The van der Waals surface area contributed by atoms with Crippen molar-refractivity contribution in [1.29, 1.82) is 0 Å². The molecule has 0 bridgehead atoms. The van der Waals surface area contributed by atoms with Gasteiger partial charge in [0.05, 0.1) is 12.3 Å². The number of benzene rings is 1. The molecule has 0 aliphatic carbocycles. The average Bonchev–Trinajstić information content (AvgIpc) is 2.18. The lowest BCUT2D eigenvalue weighted by Gasteiger charge is -2.19. The van der Waals surface area contributed by atoms with E-state index in [4.69, 9.17) is 10.6 Å². The summed E-state index contributed by atoms with van der Waals surface area (Å²) in [6.45, 7) is 2.70. The topological polar surface area (TPSA) is 47.6 Å². The lowest BCUT2D eigenvalue weighted by atomic mass is 10.0. The van der Waals surface area contributed by atoms with Crippen LogP contribution in [0, 0.1) is 6.92 Å². The summed E-state index contributed by atoms with van der Waals surface area (Å²) in [5.74, 6) is 6.23. The minimum absolute atomic E-state index is 0.674. The smallest absolute Gasteiger partial charge is 0.131 e. The van der Waals surface area contributed by atoms with Crippen LogP contribution in [0.15, 0.2) is 23.3 Å². The third kappa shape index (κ3) is 1.26. The summed E-state index contributed by atoms with van der Waals surface area (Å²) in [6, 6.07) is 6.01. The molecule has 0 saturated carbocycles. The van der Waals surface area contributed by atoms with E-state index in [0.717, 1.165) is 29.0 Å². The van der Waals surface area contributed by atoms with E-state index < -0.39 is 0 Å². The second kappa shape index (κ2) is 3.09. The second-order valence-corrected chi connectivity index (χ2v) is 3.13. The zero-order valence-corrected chi connectivity index (χ0v) is 7.58. The van der Waals surface area contributed by atoms with Crippen LogP contribution in [0.4, 0.5) is 0 Å². The first-order valence-electron chi connectivity index (χ1n) is 4.32. The molecule has 3 heteroatoms. The fourth-order valence-electron chi connectivity index (χ4n) is 1.59. The third-order valence-corrected chi connectivity index (χ3v) is 2.26. The number of para-hydroxylation sites is 1. The van der Waals surface area contributed by atoms with Crippen molar-refractivity contribution in [2.45, 2.75) is 13.3 Å². The predicted molar refractivity (Wildman–Crippen MR) is 52.0 cm³/mol. The summed E-state index contributed by atoms with van der Waals surface area (Å²) < 4.78 is 5.55. The molecule has 1 aromatic rings. The van der Waals surface area contributed by atoms with Crippen LogP contribution >= 0.6 is 0 Å². The number of ether oxygens (including phenoxy) is 1. The van der Waals surface area contributed by atoms with Gasteiger partial charge in [-0.05, 0) is 18.6 Å². The van der Waals surface area contributed by atoms with Gasteiger partial charge in [0.2, 0.25) is 0 Å². The van der Waals surface area contributed by atoms with E-state index in [0.29, 0.717) is 6.61 Å². The first kappa shape index (κ1) is 8.10. The monoisotopic (exact) mass is 176 g/mol. The highest BCUT2D eigenvalue weighted by molar-refractivity contribution is 6.03. The van der Waals surface area contributed by atoms with Crippen molar-refractivity contribution in [3.05, 3.63) is 29.3 Å². The van der Waals surface area contributed by atoms with E-state index in [-0.39, 0.29) is 0 Å². The van der Waals surface area contributed by atoms with Gasteiger partial charge in [-0.3, -0.25) is 0 Å². The Labute approximate surface area is 77.2 Å². The number of hydrazone groups is 1. The lowest BCUT2D eigenvalue weighted by molar-refractivity contribution is 0.318. The van der Waals surface area contributed by atoms with E-state index in [1.807, 2.05) is 25.1 Å². The molecule has 68 valence electrons. The Hall–Kier alpha value is -1.51. The summed E-state index contributed by atoms with van der Waals surface area (Å²) in [7, 11) is 0. The summed E-state index contributed by atoms with van der Waals surface area (Å²) >= 11 is 0. The van der Waals surface area contributed by atoms with Crippen LogP contribution in [0.5, 0.6) is 5.75 Å². The Bertz CT molecular complexity index is 358. The number of hydrogen-bond acceptors (Lipinski definition) is 3. The highest BCUT2D eigenvalue weighted by Gasteiger charge is 2.17. The van der Waals surface area contributed by atoms with E-state index >= 15 is 0 Å². The molecule has 0 unspecified atom stereocenters. The molecule has 0 aromatic heterocycles. The van der Waals surface area contributed by atoms with Crippen molar-refractivity contribution >= 4 is 5.71 Å². The maximum Gasteiger partial charge on any atom is 0.131 e. The Morgan fingerprint density at radius 3 is 3.08 bits per heavy atom. The van der Waals surface area contributed by atoms with Crippen molar-refractivity contribution < 1.29 is 4.74 Å². The summed E-state index contributed by atoms with van der Waals surface area (Å²) in [5.41, 5.74) is 3.11. The van der Waals surface area contributed by atoms with Crippen LogP contribution in [0.3, 0.4) is 0 Å². The highest BCUT2D eigenvalue weighted by Crippen LogP contribution is 2.28. The molecule has 2 N–H and O–H groups in total. The number of nitrogens with zero attached hydrogens (tertiary/aromatic N) is 1. The van der Waals surface area contributed by atoms with Crippen LogP contribution in [0.25, 0.3) is 0 Å².